The Morgan fingerprint density at radius 3 is 2.88 bits per heavy atom. The Kier molecular flexibility index (Phi) is 2.44. The lowest BCUT2D eigenvalue weighted by Crippen LogP contribution is -2.23. The molecule has 3 heteroatoms. The zero-order valence-electron chi connectivity index (χ0n) is 9.19. The molecule has 0 radical (unpaired) electrons. The van der Waals surface area contributed by atoms with Crippen molar-refractivity contribution in [1.82, 2.24) is 0 Å². The van der Waals surface area contributed by atoms with Crippen molar-refractivity contribution in [1.29, 1.82) is 0 Å². The van der Waals surface area contributed by atoms with Crippen molar-refractivity contribution in [3.8, 4) is 5.75 Å². The summed E-state index contributed by atoms with van der Waals surface area (Å²) in [5.41, 5.74) is 1.85. The van der Waals surface area contributed by atoms with Crippen LogP contribution in [-0.2, 0) is 0 Å². The largest absolute Gasteiger partial charge is 0.489 e. The van der Waals surface area contributed by atoms with E-state index in [1.165, 1.54) is 12.1 Å². The number of nitrogens with one attached hydrogen (secondary N) is 1. The minimum Gasteiger partial charge on any atom is -0.489 e. The summed E-state index contributed by atoms with van der Waals surface area (Å²) in [6.45, 7) is 0.514. The highest BCUT2D eigenvalue weighted by atomic mass is 19.1. The lowest BCUT2D eigenvalue weighted by atomic mass is 10.1. The van der Waals surface area contributed by atoms with E-state index in [4.69, 9.17) is 4.74 Å². The van der Waals surface area contributed by atoms with Crippen LogP contribution < -0.4 is 10.1 Å². The number of para-hydroxylation sites is 2. The Balaban J connectivity index is 1.89. The van der Waals surface area contributed by atoms with E-state index in [0.717, 1.165) is 17.0 Å². The predicted molar refractivity (Wildman–Crippen MR) is 64.7 cm³/mol. The van der Waals surface area contributed by atoms with E-state index in [9.17, 15) is 4.39 Å². The number of hydrogen-bond acceptors (Lipinski definition) is 2. The van der Waals surface area contributed by atoms with Gasteiger partial charge in [0.25, 0.3) is 0 Å². The Hall–Kier alpha value is -2.03. The maximum atomic E-state index is 13.1. The first-order valence-electron chi connectivity index (χ1n) is 5.57. The zero-order valence-corrected chi connectivity index (χ0v) is 9.19. The van der Waals surface area contributed by atoms with Gasteiger partial charge in [0.1, 0.15) is 18.2 Å². The Morgan fingerprint density at radius 1 is 1.12 bits per heavy atom. The highest BCUT2D eigenvalue weighted by Gasteiger charge is 2.19. The number of benzene rings is 2. The van der Waals surface area contributed by atoms with Crippen molar-refractivity contribution in [3.63, 3.8) is 0 Å². The summed E-state index contributed by atoms with van der Waals surface area (Å²) >= 11 is 0. The molecular weight excluding hydrogens is 217 g/mol. The van der Waals surface area contributed by atoms with Crippen LogP contribution >= 0.6 is 0 Å². The fourth-order valence-electron chi connectivity index (χ4n) is 2.02. The van der Waals surface area contributed by atoms with E-state index in [2.05, 4.69) is 5.32 Å². The van der Waals surface area contributed by atoms with Crippen molar-refractivity contribution < 1.29 is 9.13 Å². The molecule has 0 aromatic heterocycles. The molecule has 86 valence electrons. The molecule has 0 fully saturated rings. The number of fused-ring (bicyclic) bond motifs is 1. The predicted octanol–water partition coefficient (Wildman–Crippen LogP) is 3.37. The standard InChI is InChI=1S/C14H12FNO/c15-11-5-3-4-10(8-11)13-9-17-14-7-2-1-6-12(14)16-13/h1-8,13,16H,9H2/t13-/m0/s1. The zero-order chi connectivity index (χ0) is 11.7. The summed E-state index contributed by atoms with van der Waals surface area (Å²) in [6.07, 6.45) is 0. The van der Waals surface area contributed by atoms with Crippen LogP contribution in [0.25, 0.3) is 0 Å². The normalized spacial score (nSPS) is 17.8. The van der Waals surface area contributed by atoms with Crippen LogP contribution in [0, 0.1) is 5.82 Å². The van der Waals surface area contributed by atoms with Crippen LogP contribution in [-0.4, -0.2) is 6.61 Å². The minimum atomic E-state index is -0.219. The monoisotopic (exact) mass is 229 g/mol. The number of anilines is 1. The van der Waals surface area contributed by atoms with Crippen molar-refractivity contribution in [2.45, 2.75) is 6.04 Å². The summed E-state index contributed by atoms with van der Waals surface area (Å²) in [5, 5.41) is 3.35. The third kappa shape index (κ3) is 1.96. The van der Waals surface area contributed by atoms with Crippen molar-refractivity contribution in [2.75, 3.05) is 11.9 Å². The first-order chi connectivity index (χ1) is 8.33. The summed E-state index contributed by atoms with van der Waals surface area (Å²) in [4.78, 5) is 0. The molecular formula is C14H12FNO. The van der Waals surface area contributed by atoms with Crippen LogP contribution in [0.2, 0.25) is 0 Å². The first kappa shape index (κ1) is 10.1. The molecule has 1 atom stereocenters. The van der Waals surface area contributed by atoms with Gasteiger partial charge >= 0.3 is 0 Å². The van der Waals surface area contributed by atoms with Gasteiger partial charge in [0.15, 0.2) is 0 Å². The number of ether oxygens (including phenoxy) is 1. The van der Waals surface area contributed by atoms with E-state index in [0.29, 0.717) is 6.61 Å². The van der Waals surface area contributed by atoms with Crippen molar-refractivity contribution in [3.05, 3.63) is 59.9 Å². The highest BCUT2D eigenvalue weighted by Crippen LogP contribution is 2.33. The molecule has 0 bridgehead atoms. The van der Waals surface area contributed by atoms with Gasteiger partial charge in [-0.3, -0.25) is 0 Å². The molecule has 1 aliphatic heterocycles. The van der Waals surface area contributed by atoms with Gasteiger partial charge in [-0.25, -0.2) is 4.39 Å². The fourth-order valence-corrected chi connectivity index (χ4v) is 2.02. The molecule has 2 aromatic carbocycles. The first-order valence-corrected chi connectivity index (χ1v) is 5.57. The lowest BCUT2D eigenvalue weighted by molar-refractivity contribution is 0.286. The van der Waals surface area contributed by atoms with Crippen LogP contribution in [0.4, 0.5) is 10.1 Å². The molecule has 0 saturated carbocycles. The average Bonchev–Trinajstić information content (AvgIpc) is 2.38. The molecule has 0 unspecified atom stereocenters. The van der Waals surface area contributed by atoms with Crippen molar-refractivity contribution in [2.24, 2.45) is 0 Å². The summed E-state index contributed by atoms with van der Waals surface area (Å²) in [6, 6.07) is 14.4. The smallest absolute Gasteiger partial charge is 0.142 e. The topological polar surface area (TPSA) is 21.3 Å². The second-order valence-electron chi connectivity index (χ2n) is 4.06. The van der Waals surface area contributed by atoms with E-state index in [1.54, 1.807) is 6.07 Å². The van der Waals surface area contributed by atoms with Crippen molar-refractivity contribution >= 4 is 5.69 Å². The third-order valence-electron chi connectivity index (χ3n) is 2.87. The van der Waals surface area contributed by atoms with Gasteiger partial charge in [-0.15, -0.1) is 0 Å². The fraction of sp³-hybridized carbons (Fsp3) is 0.143. The summed E-state index contributed by atoms with van der Waals surface area (Å²) < 4.78 is 18.8. The van der Waals surface area contributed by atoms with E-state index >= 15 is 0 Å². The quantitative estimate of drug-likeness (QED) is 0.809. The number of hydrogen-bond donors (Lipinski definition) is 1. The molecule has 3 rings (SSSR count). The molecule has 0 spiro atoms. The molecule has 0 saturated heterocycles. The highest BCUT2D eigenvalue weighted by molar-refractivity contribution is 5.59. The van der Waals surface area contributed by atoms with Gasteiger partial charge in [0.05, 0.1) is 11.7 Å². The molecule has 2 nitrogen and oxygen atoms in total. The molecule has 0 aliphatic carbocycles. The second-order valence-corrected chi connectivity index (χ2v) is 4.06. The average molecular weight is 229 g/mol. The maximum absolute atomic E-state index is 13.1. The van der Waals surface area contributed by atoms with Gasteiger partial charge in [-0.2, -0.15) is 0 Å². The second kappa shape index (κ2) is 4.09. The number of halogens is 1. The minimum absolute atomic E-state index is 0.000556. The van der Waals surface area contributed by atoms with E-state index < -0.39 is 0 Å². The van der Waals surface area contributed by atoms with Crippen LogP contribution in [0.1, 0.15) is 11.6 Å². The van der Waals surface area contributed by atoms with Gasteiger partial charge in [-0.1, -0.05) is 24.3 Å². The van der Waals surface area contributed by atoms with Gasteiger partial charge in [0.2, 0.25) is 0 Å². The molecule has 2 aromatic rings. The summed E-state index contributed by atoms with van der Waals surface area (Å²) in [7, 11) is 0. The molecule has 0 amide bonds. The molecule has 17 heavy (non-hydrogen) atoms. The van der Waals surface area contributed by atoms with Crippen LogP contribution in [0.3, 0.4) is 0 Å². The Bertz CT molecular complexity index is 541. The van der Waals surface area contributed by atoms with Gasteiger partial charge in [-0.05, 0) is 29.8 Å². The molecule has 1 aliphatic rings. The third-order valence-corrected chi connectivity index (χ3v) is 2.87. The summed E-state index contributed by atoms with van der Waals surface area (Å²) in [5.74, 6) is 0.628. The van der Waals surface area contributed by atoms with E-state index in [1.807, 2.05) is 30.3 Å². The molecule has 1 N–H and O–H groups in total. The number of rotatable bonds is 1. The lowest BCUT2D eigenvalue weighted by Gasteiger charge is -2.27. The van der Waals surface area contributed by atoms with Gasteiger partial charge in [0, 0.05) is 0 Å². The van der Waals surface area contributed by atoms with Crippen LogP contribution in [0.15, 0.2) is 48.5 Å². The van der Waals surface area contributed by atoms with Crippen LogP contribution in [0.5, 0.6) is 5.75 Å². The Labute approximate surface area is 99.0 Å². The SMILES string of the molecule is Fc1cccc([C@@H]2COc3ccccc3N2)c1. The maximum Gasteiger partial charge on any atom is 0.142 e. The molecule has 1 heterocycles. The van der Waals surface area contributed by atoms with Gasteiger partial charge < -0.3 is 10.1 Å². The van der Waals surface area contributed by atoms with E-state index in [-0.39, 0.29) is 11.9 Å². The Morgan fingerprint density at radius 2 is 2.00 bits per heavy atom.